The van der Waals surface area contributed by atoms with Crippen molar-refractivity contribution >= 4 is 38.9 Å². The maximum atomic E-state index is 12.5. The summed E-state index contributed by atoms with van der Waals surface area (Å²) in [6.45, 7) is 0.290. The Morgan fingerprint density at radius 3 is 2.73 bits per heavy atom. The lowest BCUT2D eigenvalue weighted by Gasteiger charge is -2.16. The van der Waals surface area contributed by atoms with Crippen molar-refractivity contribution in [2.45, 2.75) is 17.4 Å². The van der Waals surface area contributed by atoms with E-state index in [0.29, 0.717) is 16.7 Å². The highest BCUT2D eigenvalue weighted by Gasteiger charge is 2.24. The first-order chi connectivity index (χ1) is 14.3. The zero-order valence-electron chi connectivity index (χ0n) is 16.1. The van der Waals surface area contributed by atoms with Gasteiger partial charge in [0.15, 0.2) is 0 Å². The van der Waals surface area contributed by atoms with Crippen LogP contribution in [0.25, 0.3) is 0 Å². The number of carbonyl (C=O) groups excluding carboxylic acids is 1. The topological polar surface area (TPSA) is 88.6 Å². The number of halogens is 1. The number of rotatable bonds is 9. The second kappa shape index (κ2) is 10.0. The molecule has 7 nitrogen and oxygen atoms in total. The monoisotopic (exact) mass is 465 g/mol. The molecule has 1 aromatic carbocycles. The molecule has 0 saturated carbocycles. The van der Waals surface area contributed by atoms with Gasteiger partial charge in [0.2, 0.25) is 5.91 Å². The van der Waals surface area contributed by atoms with Crippen LogP contribution in [0, 0.1) is 0 Å². The first-order valence-electron chi connectivity index (χ1n) is 8.94. The Morgan fingerprint density at radius 1 is 1.20 bits per heavy atom. The van der Waals surface area contributed by atoms with E-state index in [2.05, 4.69) is 10.3 Å². The van der Waals surface area contributed by atoms with E-state index in [1.807, 2.05) is 42.5 Å². The van der Waals surface area contributed by atoms with Crippen LogP contribution in [0.15, 0.2) is 65.0 Å². The third kappa shape index (κ3) is 6.02. The highest BCUT2D eigenvalue weighted by atomic mass is 35.5. The number of hydrogen-bond acceptors (Lipinski definition) is 6. The number of hydrogen-bond donors (Lipinski definition) is 1. The second-order valence-electron chi connectivity index (χ2n) is 6.35. The van der Waals surface area contributed by atoms with E-state index in [4.69, 9.17) is 16.3 Å². The van der Waals surface area contributed by atoms with Crippen LogP contribution in [0.4, 0.5) is 0 Å². The number of likely N-dealkylation sites (N-methyl/N-ethyl adjacent to an activating group) is 1. The van der Waals surface area contributed by atoms with Crippen LogP contribution in [-0.2, 0) is 28.0 Å². The van der Waals surface area contributed by atoms with Gasteiger partial charge in [0, 0.05) is 19.8 Å². The first kappa shape index (κ1) is 22.2. The van der Waals surface area contributed by atoms with Crippen molar-refractivity contribution < 1.29 is 17.9 Å². The molecule has 0 bridgehead atoms. The second-order valence-corrected chi connectivity index (χ2v) is 10.3. The lowest BCUT2D eigenvalue weighted by molar-refractivity contribution is -0.121. The average molecular weight is 466 g/mol. The molecule has 0 radical (unpaired) electrons. The summed E-state index contributed by atoms with van der Waals surface area (Å²) in [7, 11) is -2.40. The van der Waals surface area contributed by atoms with E-state index in [1.54, 1.807) is 6.20 Å². The quantitative estimate of drug-likeness (QED) is 0.523. The van der Waals surface area contributed by atoms with Gasteiger partial charge in [-0.05, 0) is 42.0 Å². The fourth-order valence-electron chi connectivity index (χ4n) is 2.52. The number of aromatic nitrogens is 1. The van der Waals surface area contributed by atoms with Gasteiger partial charge in [0.05, 0.1) is 16.6 Å². The summed E-state index contributed by atoms with van der Waals surface area (Å²) < 4.78 is 32.1. The van der Waals surface area contributed by atoms with Gasteiger partial charge in [-0.3, -0.25) is 9.78 Å². The molecule has 10 heteroatoms. The molecule has 0 aliphatic heterocycles. The lowest BCUT2D eigenvalue weighted by atomic mass is 10.2. The van der Waals surface area contributed by atoms with Gasteiger partial charge in [-0.1, -0.05) is 29.8 Å². The standard InChI is InChI=1S/C20H20ClN3O4S2/c1-24(30(26,27)20-9-8-18(21)29-20)13-19(25)23-12-15-5-4-7-17(11-15)28-14-16-6-2-3-10-22-16/h2-11H,12-14H2,1H3,(H,23,25). The Bertz CT molecular complexity index is 1100. The molecular weight excluding hydrogens is 446 g/mol. The first-order valence-corrected chi connectivity index (χ1v) is 11.6. The molecule has 0 spiro atoms. The molecule has 2 aromatic heterocycles. The highest BCUT2D eigenvalue weighted by molar-refractivity contribution is 7.91. The third-order valence-electron chi connectivity index (χ3n) is 4.08. The summed E-state index contributed by atoms with van der Waals surface area (Å²) in [5, 5.41) is 2.72. The van der Waals surface area contributed by atoms with Gasteiger partial charge in [-0.2, -0.15) is 4.31 Å². The third-order valence-corrected chi connectivity index (χ3v) is 7.58. The van der Waals surface area contributed by atoms with Crippen molar-refractivity contribution in [3.63, 3.8) is 0 Å². The molecule has 0 aliphatic rings. The molecule has 0 unspecified atom stereocenters. The molecular formula is C20H20ClN3O4S2. The number of benzene rings is 1. The van der Waals surface area contributed by atoms with E-state index in [0.717, 1.165) is 26.9 Å². The van der Waals surface area contributed by atoms with Gasteiger partial charge in [0.25, 0.3) is 10.0 Å². The Kier molecular flexibility index (Phi) is 7.43. The summed E-state index contributed by atoms with van der Waals surface area (Å²) in [5.74, 6) is 0.241. The molecule has 0 atom stereocenters. The molecule has 3 aromatic rings. The fourth-order valence-corrected chi connectivity index (χ4v) is 5.34. The zero-order valence-corrected chi connectivity index (χ0v) is 18.5. The Balaban J connectivity index is 1.52. The normalized spacial score (nSPS) is 11.4. The molecule has 2 heterocycles. The van der Waals surface area contributed by atoms with Crippen molar-refractivity contribution in [2.75, 3.05) is 13.6 Å². The van der Waals surface area contributed by atoms with Crippen LogP contribution in [0.1, 0.15) is 11.3 Å². The van der Waals surface area contributed by atoms with Gasteiger partial charge in [0.1, 0.15) is 16.6 Å². The molecule has 30 heavy (non-hydrogen) atoms. The number of ether oxygens (including phenoxy) is 1. The molecule has 0 fully saturated rings. The minimum Gasteiger partial charge on any atom is -0.487 e. The number of amides is 1. The fraction of sp³-hybridized carbons (Fsp3) is 0.200. The number of nitrogens with one attached hydrogen (secondary N) is 1. The van der Waals surface area contributed by atoms with Crippen LogP contribution < -0.4 is 10.1 Å². The summed E-state index contributed by atoms with van der Waals surface area (Å²) >= 11 is 6.76. The summed E-state index contributed by atoms with van der Waals surface area (Å²) in [6.07, 6.45) is 1.70. The predicted octanol–water partition coefficient (Wildman–Crippen LogP) is 3.31. The van der Waals surface area contributed by atoms with E-state index >= 15 is 0 Å². The van der Waals surface area contributed by atoms with Crippen LogP contribution in [0.2, 0.25) is 4.34 Å². The summed E-state index contributed by atoms with van der Waals surface area (Å²) in [4.78, 5) is 16.4. The average Bonchev–Trinajstić information content (AvgIpc) is 3.19. The number of pyridine rings is 1. The van der Waals surface area contributed by atoms with Gasteiger partial charge < -0.3 is 10.1 Å². The van der Waals surface area contributed by atoms with Crippen LogP contribution >= 0.6 is 22.9 Å². The minimum absolute atomic E-state index is 0.0977. The maximum absolute atomic E-state index is 12.5. The SMILES string of the molecule is CN(CC(=O)NCc1cccc(OCc2ccccn2)c1)S(=O)(=O)c1ccc(Cl)s1. The van der Waals surface area contributed by atoms with Crippen molar-refractivity contribution in [1.29, 1.82) is 0 Å². The number of carbonyl (C=O) groups is 1. The minimum atomic E-state index is -3.76. The smallest absolute Gasteiger partial charge is 0.252 e. The highest BCUT2D eigenvalue weighted by Crippen LogP contribution is 2.27. The molecule has 0 saturated heterocycles. The van der Waals surface area contributed by atoms with Crippen LogP contribution in [0.5, 0.6) is 5.75 Å². The van der Waals surface area contributed by atoms with Crippen molar-refractivity contribution in [3.05, 3.63) is 76.4 Å². The van der Waals surface area contributed by atoms with E-state index in [9.17, 15) is 13.2 Å². The van der Waals surface area contributed by atoms with E-state index in [1.165, 1.54) is 19.2 Å². The van der Waals surface area contributed by atoms with Crippen LogP contribution in [0.3, 0.4) is 0 Å². The molecule has 0 aliphatic carbocycles. The van der Waals surface area contributed by atoms with Gasteiger partial charge in [-0.25, -0.2) is 8.42 Å². The summed E-state index contributed by atoms with van der Waals surface area (Å²) in [5.41, 5.74) is 1.64. The Hall–Kier alpha value is -2.46. The molecule has 1 amide bonds. The number of sulfonamides is 1. The lowest BCUT2D eigenvalue weighted by Crippen LogP contribution is -2.37. The van der Waals surface area contributed by atoms with Crippen LogP contribution in [-0.4, -0.2) is 37.2 Å². The van der Waals surface area contributed by atoms with Gasteiger partial charge >= 0.3 is 0 Å². The Labute approximate surface area is 184 Å². The predicted molar refractivity (Wildman–Crippen MR) is 116 cm³/mol. The van der Waals surface area contributed by atoms with E-state index < -0.39 is 15.9 Å². The van der Waals surface area contributed by atoms with Crippen molar-refractivity contribution in [2.24, 2.45) is 0 Å². The van der Waals surface area contributed by atoms with Crippen molar-refractivity contribution in [1.82, 2.24) is 14.6 Å². The number of nitrogens with zero attached hydrogens (tertiary/aromatic N) is 2. The molecule has 158 valence electrons. The zero-order chi connectivity index (χ0) is 21.6. The maximum Gasteiger partial charge on any atom is 0.252 e. The van der Waals surface area contributed by atoms with E-state index in [-0.39, 0.29) is 17.3 Å². The molecule has 3 rings (SSSR count). The van der Waals surface area contributed by atoms with Crippen molar-refractivity contribution in [3.8, 4) is 5.75 Å². The largest absolute Gasteiger partial charge is 0.487 e. The Morgan fingerprint density at radius 2 is 2.03 bits per heavy atom. The number of thiophene rings is 1. The van der Waals surface area contributed by atoms with Gasteiger partial charge in [-0.15, -0.1) is 11.3 Å². The summed E-state index contributed by atoms with van der Waals surface area (Å²) in [6, 6.07) is 15.8. The molecule has 1 N–H and O–H groups in total.